The van der Waals surface area contributed by atoms with E-state index < -0.39 is 31.0 Å². The van der Waals surface area contributed by atoms with Crippen LogP contribution in [0.4, 0.5) is 10.5 Å². The SMILES string of the molecule is CN(C(=O)Nc1ccc(S(C)(=O)=O)cc1)[C@@H]1CCC[C@H]1S(C)(=O)=O. The van der Waals surface area contributed by atoms with Gasteiger partial charge >= 0.3 is 6.03 Å². The van der Waals surface area contributed by atoms with Gasteiger partial charge in [0.15, 0.2) is 19.7 Å². The van der Waals surface area contributed by atoms with Gasteiger partial charge < -0.3 is 10.2 Å². The second kappa shape index (κ2) is 6.72. The molecule has 7 nitrogen and oxygen atoms in total. The molecule has 0 aromatic heterocycles. The standard InChI is InChI=1S/C15H22N2O5S2/c1-17(13-5-4-6-14(13)24(3,21)22)15(18)16-11-7-9-12(10-8-11)23(2,19)20/h7-10,13-14H,4-6H2,1-3H3,(H,16,18)/t13-,14-/m1/s1. The number of rotatable bonds is 4. The number of anilines is 1. The lowest BCUT2D eigenvalue weighted by atomic mass is 10.2. The molecule has 2 atom stereocenters. The molecule has 1 aromatic rings. The highest BCUT2D eigenvalue weighted by molar-refractivity contribution is 7.91. The maximum atomic E-state index is 12.4. The van der Waals surface area contributed by atoms with Crippen LogP contribution in [0.1, 0.15) is 19.3 Å². The number of carbonyl (C=O) groups is 1. The summed E-state index contributed by atoms with van der Waals surface area (Å²) in [5.41, 5.74) is 0.452. The fourth-order valence-electron chi connectivity index (χ4n) is 3.00. The van der Waals surface area contributed by atoms with Gasteiger partial charge in [-0.15, -0.1) is 0 Å². The molecule has 1 aliphatic rings. The molecule has 2 rings (SSSR count). The lowest BCUT2D eigenvalue weighted by molar-refractivity contribution is 0.205. The predicted octanol–water partition coefficient (Wildman–Crippen LogP) is 1.52. The summed E-state index contributed by atoms with van der Waals surface area (Å²) in [6.45, 7) is 0. The average molecular weight is 374 g/mol. The fraction of sp³-hybridized carbons (Fsp3) is 0.533. The number of nitrogens with one attached hydrogen (secondary N) is 1. The number of hydrogen-bond donors (Lipinski definition) is 1. The van der Waals surface area contributed by atoms with Gasteiger partial charge in [-0.3, -0.25) is 0 Å². The lowest BCUT2D eigenvalue weighted by Crippen LogP contribution is -2.46. The van der Waals surface area contributed by atoms with Crippen LogP contribution >= 0.6 is 0 Å². The Morgan fingerprint density at radius 1 is 1.08 bits per heavy atom. The van der Waals surface area contributed by atoms with Crippen molar-refractivity contribution in [2.75, 3.05) is 24.9 Å². The van der Waals surface area contributed by atoms with Gasteiger partial charge in [-0.2, -0.15) is 0 Å². The highest BCUT2D eigenvalue weighted by atomic mass is 32.2. The quantitative estimate of drug-likeness (QED) is 0.861. The smallest absolute Gasteiger partial charge is 0.321 e. The maximum Gasteiger partial charge on any atom is 0.321 e. The molecule has 1 saturated carbocycles. The van der Waals surface area contributed by atoms with Crippen molar-refractivity contribution < 1.29 is 21.6 Å². The minimum atomic E-state index is -3.29. The topological polar surface area (TPSA) is 101 Å². The Morgan fingerprint density at radius 2 is 1.67 bits per heavy atom. The van der Waals surface area contributed by atoms with Gasteiger partial charge in [0, 0.05) is 31.3 Å². The Labute approximate surface area is 142 Å². The third kappa shape index (κ3) is 4.27. The van der Waals surface area contributed by atoms with Crippen LogP contribution in [0.15, 0.2) is 29.2 Å². The van der Waals surface area contributed by atoms with Crippen molar-refractivity contribution in [3.63, 3.8) is 0 Å². The number of sulfone groups is 2. The molecule has 0 spiro atoms. The Balaban J connectivity index is 2.09. The third-order valence-electron chi connectivity index (χ3n) is 4.32. The zero-order chi connectivity index (χ0) is 18.1. The van der Waals surface area contributed by atoms with Crippen LogP contribution in [-0.4, -0.2) is 58.6 Å². The largest absolute Gasteiger partial charge is 0.323 e. The van der Waals surface area contributed by atoms with Crippen molar-refractivity contribution in [1.82, 2.24) is 4.90 Å². The van der Waals surface area contributed by atoms with Crippen LogP contribution in [0.5, 0.6) is 0 Å². The first kappa shape index (κ1) is 18.7. The van der Waals surface area contributed by atoms with E-state index in [2.05, 4.69) is 5.32 Å². The van der Waals surface area contributed by atoms with Crippen LogP contribution in [0.2, 0.25) is 0 Å². The van der Waals surface area contributed by atoms with Crippen LogP contribution < -0.4 is 5.32 Å². The molecule has 9 heteroatoms. The maximum absolute atomic E-state index is 12.4. The van der Waals surface area contributed by atoms with E-state index in [0.29, 0.717) is 18.5 Å². The molecule has 24 heavy (non-hydrogen) atoms. The molecule has 134 valence electrons. The van der Waals surface area contributed by atoms with Crippen molar-refractivity contribution in [1.29, 1.82) is 0 Å². The number of urea groups is 1. The van der Waals surface area contributed by atoms with Crippen molar-refractivity contribution in [3.8, 4) is 0 Å². The number of amides is 2. The molecule has 1 N–H and O–H groups in total. The van der Waals surface area contributed by atoms with Gasteiger partial charge in [0.05, 0.1) is 10.1 Å². The van der Waals surface area contributed by atoms with Gasteiger partial charge in [-0.25, -0.2) is 21.6 Å². The monoisotopic (exact) mass is 374 g/mol. The van der Waals surface area contributed by atoms with Crippen LogP contribution in [-0.2, 0) is 19.7 Å². The zero-order valence-corrected chi connectivity index (χ0v) is 15.5. The molecule has 1 aromatic carbocycles. The first-order valence-electron chi connectivity index (χ1n) is 7.53. The summed E-state index contributed by atoms with van der Waals surface area (Å²) in [6.07, 6.45) is 4.29. The Hall–Kier alpha value is -1.61. The molecule has 2 amide bonds. The van der Waals surface area contributed by atoms with Crippen molar-refractivity contribution in [2.24, 2.45) is 0 Å². The van der Waals surface area contributed by atoms with Crippen molar-refractivity contribution >= 4 is 31.4 Å². The van der Waals surface area contributed by atoms with Crippen LogP contribution in [0, 0.1) is 0 Å². The van der Waals surface area contributed by atoms with E-state index in [-0.39, 0.29) is 10.9 Å². The minimum absolute atomic E-state index is 0.168. The molecule has 1 aliphatic carbocycles. The van der Waals surface area contributed by atoms with Gasteiger partial charge in [0.25, 0.3) is 0 Å². The van der Waals surface area contributed by atoms with E-state index in [1.54, 1.807) is 7.05 Å². The second-order valence-corrected chi connectivity index (χ2v) is 10.5. The summed E-state index contributed by atoms with van der Waals surface area (Å²) in [5.74, 6) is 0. The molecule has 1 fully saturated rings. The van der Waals surface area contributed by atoms with Crippen LogP contribution in [0.25, 0.3) is 0 Å². The van der Waals surface area contributed by atoms with Gasteiger partial charge in [-0.1, -0.05) is 0 Å². The van der Waals surface area contributed by atoms with E-state index in [9.17, 15) is 21.6 Å². The molecule has 0 heterocycles. The number of benzene rings is 1. The van der Waals surface area contributed by atoms with Crippen molar-refractivity contribution in [3.05, 3.63) is 24.3 Å². The van der Waals surface area contributed by atoms with E-state index in [1.807, 2.05) is 0 Å². The van der Waals surface area contributed by atoms with Gasteiger partial charge in [0.1, 0.15) is 0 Å². The Kier molecular flexibility index (Phi) is 5.24. The molecular formula is C15H22N2O5S2. The second-order valence-electron chi connectivity index (χ2n) is 6.20. The predicted molar refractivity (Wildman–Crippen MR) is 92.6 cm³/mol. The van der Waals surface area contributed by atoms with E-state index in [4.69, 9.17) is 0 Å². The number of hydrogen-bond acceptors (Lipinski definition) is 5. The highest BCUT2D eigenvalue weighted by Gasteiger charge is 2.38. The fourth-order valence-corrected chi connectivity index (χ4v) is 5.11. The number of nitrogens with zero attached hydrogens (tertiary/aromatic N) is 1. The van der Waals surface area contributed by atoms with Gasteiger partial charge in [0.2, 0.25) is 0 Å². The summed E-state index contributed by atoms with van der Waals surface area (Å²) in [4.78, 5) is 13.9. The van der Waals surface area contributed by atoms with Crippen molar-refractivity contribution in [2.45, 2.75) is 35.4 Å². The summed E-state index contributed by atoms with van der Waals surface area (Å²) < 4.78 is 46.5. The first-order valence-corrected chi connectivity index (χ1v) is 11.4. The van der Waals surface area contributed by atoms with E-state index in [1.165, 1.54) is 35.4 Å². The molecule has 0 bridgehead atoms. The highest BCUT2D eigenvalue weighted by Crippen LogP contribution is 2.29. The van der Waals surface area contributed by atoms with E-state index in [0.717, 1.165) is 12.7 Å². The summed E-state index contributed by atoms with van der Waals surface area (Å²) in [5, 5.41) is 2.13. The van der Waals surface area contributed by atoms with Gasteiger partial charge in [-0.05, 0) is 43.5 Å². The molecule has 0 aliphatic heterocycles. The summed E-state index contributed by atoms with van der Waals surface area (Å²) >= 11 is 0. The molecule has 0 saturated heterocycles. The molecular weight excluding hydrogens is 352 g/mol. The zero-order valence-electron chi connectivity index (χ0n) is 13.9. The molecule has 0 unspecified atom stereocenters. The summed E-state index contributed by atoms with van der Waals surface area (Å²) in [7, 11) is -4.93. The minimum Gasteiger partial charge on any atom is -0.323 e. The third-order valence-corrected chi connectivity index (χ3v) is 7.10. The average Bonchev–Trinajstić information content (AvgIpc) is 2.95. The normalized spacial score (nSPS) is 21.5. The van der Waals surface area contributed by atoms with Crippen LogP contribution in [0.3, 0.4) is 0 Å². The first-order chi connectivity index (χ1) is 11.0. The summed E-state index contributed by atoms with van der Waals surface area (Å²) in [6, 6.07) is 5.08. The lowest BCUT2D eigenvalue weighted by Gasteiger charge is -2.29. The Bertz CT molecular complexity index is 816. The Morgan fingerprint density at radius 3 is 2.17 bits per heavy atom. The number of carbonyl (C=O) groups excluding carboxylic acids is 1. The van der Waals surface area contributed by atoms with E-state index >= 15 is 0 Å². The molecule has 0 radical (unpaired) electrons.